The summed E-state index contributed by atoms with van der Waals surface area (Å²) in [7, 11) is 0. The third kappa shape index (κ3) is 14.1. The first-order valence-corrected chi connectivity index (χ1v) is 40.6. The van der Waals surface area contributed by atoms with Crippen LogP contribution in [0.3, 0.4) is 0 Å². The Labute approximate surface area is 664 Å². The van der Waals surface area contributed by atoms with Crippen molar-refractivity contribution in [3.63, 3.8) is 0 Å². The summed E-state index contributed by atoms with van der Waals surface area (Å²) < 4.78 is 0. The molecule has 0 heterocycles. The normalized spacial score (nSPS) is 12.4. The molecule has 14 aromatic carbocycles. The fraction of sp³-hybridized carbons (Fsp3) is 0.243. The van der Waals surface area contributed by atoms with Gasteiger partial charge in [-0.1, -0.05) is 230 Å². The van der Waals surface area contributed by atoms with E-state index >= 15 is 0 Å². The van der Waals surface area contributed by atoms with Crippen molar-refractivity contribution < 1.29 is 0 Å². The van der Waals surface area contributed by atoms with Crippen molar-refractivity contribution in [1.29, 1.82) is 0 Å². The topological polar surface area (TPSA) is 0 Å². The molecule has 0 spiro atoms. The second-order valence-electron chi connectivity index (χ2n) is 33.4. The molecule has 21 rings (SSSR count). The Balaban J connectivity index is 0.000000103. The third-order valence-corrected chi connectivity index (χ3v) is 26.7. The molecule has 0 N–H and O–H groups in total. The Bertz CT molecular complexity index is 6070. The number of hydrogen-bond acceptors (Lipinski definition) is 0. The maximum absolute atomic E-state index is 2.35. The zero-order valence-electron chi connectivity index (χ0n) is 69.7. The Morgan fingerprint density at radius 1 is 0.144 bits per heavy atom. The predicted molar refractivity (Wildman–Crippen MR) is 478 cm³/mol. The summed E-state index contributed by atoms with van der Waals surface area (Å²) >= 11 is 0. The van der Waals surface area contributed by atoms with E-state index in [1.807, 2.05) is 0 Å². The van der Waals surface area contributed by atoms with Gasteiger partial charge in [0.1, 0.15) is 0 Å². The molecule has 0 saturated carbocycles. The van der Waals surface area contributed by atoms with E-state index in [4.69, 9.17) is 0 Å². The minimum atomic E-state index is 1.11. The molecule has 0 aliphatic heterocycles. The Hall–Kier alpha value is -10.9. The first-order chi connectivity index (χ1) is 53.3. The predicted octanol–water partition coefficient (Wildman–Crippen LogP) is 29.0. The van der Waals surface area contributed by atoms with Gasteiger partial charge >= 0.3 is 0 Å². The van der Waals surface area contributed by atoms with Gasteiger partial charge < -0.3 is 0 Å². The van der Waals surface area contributed by atoms with E-state index in [0.717, 1.165) is 44.9 Å². The summed E-state index contributed by atoms with van der Waals surface area (Å²) in [4.78, 5) is 0. The van der Waals surface area contributed by atoms with Crippen LogP contribution in [0.5, 0.6) is 0 Å². The van der Waals surface area contributed by atoms with Crippen LogP contribution >= 0.6 is 0 Å². The molecular formula is C111H110. The highest BCUT2D eigenvalue weighted by Crippen LogP contribution is 2.47. The van der Waals surface area contributed by atoms with Crippen molar-refractivity contribution in [3.05, 3.63) is 408 Å². The van der Waals surface area contributed by atoms with Gasteiger partial charge in [-0.05, 0) is 439 Å². The minimum absolute atomic E-state index is 1.11. The number of rotatable bonds is 0. The van der Waals surface area contributed by atoms with Gasteiger partial charge in [0.2, 0.25) is 0 Å². The zero-order chi connectivity index (χ0) is 78.1. The van der Waals surface area contributed by atoms with Gasteiger partial charge in [-0.25, -0.2) is 0 Å². The fourth-order valence-electron chi connectivity index (χ4n) is 18.9. The molecule has 0 fully saturated rings. The van der Waals surface area contributed by atoms with Crippen LogP contribution in [0.2, 0.25) is 0 Å². The van der Waals surface area contributed by atoms with Crippen LogP contribution in [0.25, 0.3) is 77.9 Å². The van der Waals surface area contributed by atoms with Gasteiger partial charge in [-0.15, -0.1) is 0 Å². The van der Waals surface area contributed by atoms with E-state index in [-0.39, 0.29) is 0 Å². The highest BCUT2D eigenvalue weighted by atomic mass is 14.3. The van der Waals surface area contributed by atoms with E-state index in [1.165, 1.54) is 261 Å². The Morgan fingerprint density at radius 3 is 1.05 bits per heavy atom. The van der Waals surface area contributed by atoms with Crippen LogP contribution in [-0.4, -0.2) is 0 Å². The lowest BCUT2D eigenvalue weighted by Crippen LogP contribution is -1.93. The number of hydrogen-bond donors (Lipinski definition) is 0. The number of fused-ring (bicyclic) bond motifs is 21. The standard InChI is InChI=1S/6C16H16.C15H14/c1-10-4-6-14-13(8-10)9-16-12(3)11(2)5-7-15(14)16;1-10-4-6-13-9-15-12(3)11(2)5-7-14(15)16(13)8-10;1-10-7-8-14-13-6-4-5-11(2)15(13)9-16(14)12(10)3;1-10-7-8-14-15(12(10)3)9-13-6-4-5-11(2)16(13)14;1-10-8-16-14-7-5-4-6-13(14)9-15(16)12(3)11(10)2;1-10-8-11(2)16-14-7-5-4-6-13(14)9-15(16)12(10)3;1-10-7-8-14-13-6-4-3-5-12(13)9-15(14)11(10)2/h6*4-8H,9H2,1-3H3;3-8H,9H2,1-2H3. The molecule has 0 heteroatoms. The lowest BCUT2D eigenvalue weighted by atomic mass is 9.94. The quantitative estimate of drug-likeness (QED) is 0.142. The van der Waals surface area contributed by atoms with E-state index < -0.39 is 0 Å². The fourth-order valence-corrected chi connectivity index (χ4v) is 18.9. The van der Waals surface area contributed by atoms with Gasteiger partial charge in [0, 0.05) is 0 Å². The molecular weight excluding hydrogens is 1330 g/mol. The van der Waals surface area contributed by atoms with Crippen molar-refractivity contribution in [2.45, 2.75) is 183 Å². The van der Waals surface area contributed by atoms with Gasteiger partial charge in [0.15, 0.2) is 0 Å². The van der Waals surface area contributed by atoms with Gasteiger partial charge in [-0.2, -0.15) is 0 Å². The van der Waals surface area contributed by atoms with Crippen molar-refractivity contribution in [2.24, 2.45) is 0 Å². The SMILES string of the molecule is Cc1cc(C)c2c(c1C)Cc1ccccc1-2.Cc1cc2c(c(C)c1C)Cc1ccccc1-2.Cc1ccc2c(c1)-c1ccc(C)c(C)c1C2.Cc1ccc2c(c1)Cc1c-2ccc(C)c1C.Cc1ccc2c(c1C)Cc1c(C)cccc1-2.Cc1ccc2c(c1C)Cc1cccc(C)c1-2.Cc1ccc2c(c1C)Cc1ccccc1-2. The Kier molecular flexibility index (Phi) is 20.9. The molecule has 0 atom stereocenters. The molecule has 0 aromatic heterocycles. The van der Waals surface area contributed by atoms with E-state index in [9.17, 15) is 0 Å². The molecule has 14 aromatic rings. The van der Waals surface area contributed by atoms with Crippen LogP contribution in [0.4, 0.5) is 0 Å². The zero-order valence-corrected chi connectivity index (χ0v) is 69.7. The molecule has 7 aliphatic carbocycles. The van der Waals surface area contributed by atoms with Crippen LogP contribution in [0, 0.1) is 138 Å². The lowest BCUT2D eigenvalue weighted by Gasteiger charge is -2.11. The largest absolute Gasteiger partial charge is 0.0619 e. The van der Waals surface area contributed by atoms with Gasteiger partial charge in [0.25, 0.3) is 0 Å². The van der Waals surface area contributed by atoms with E-state index in [0.29, 0.717) is 0 Å². The van der Waals surface area contributed by atoms with Crippen molar-refractivity contribution >= 4 is 0 Å². The van der Waals surface area contributed by atoms with E-state index in [1.54, 1.807) is 5.56 Å². The number of benzene rings is 14. The van der Waals surface area contributed by atoms with Gasteiger partial charge in [0.05, 0.1) is 0 Å². The van der Waals surface area contributed by atoms with Crippen molar-refractivity contribution in [2.75, 3.05) is 0 Å². The summed E-state index contributed by atoms with van der Waals surface area (Å²) in [5, 5.41) is 0. The summed E-state index contributed by atoms with van der Waals surface area (Å²) in [6, 6.07) is 80.4. The Morgan fingerprint density at radius 2 is 0.486 bits per heavy atom. The van der Waals surface area contributed by atoms with Crippen molar-refractivity contribution in [3.8, 4) is 77.9 Å². The molecule has 0 radical (unpaired) electrons. The second-order valence-corrected chi connectivity index (χ2v) is 33.4. The maximum Gasteiger partial charge on any atom is -0.000810 e. The summed E-state index contributed by atoms with van der Waals surface area (Å²) in [6.45, 7) is 44.4. The summed E-state index contributed by atoms with van der Waals surface area (Å²) in [5.74, 6) is 0. The molecule has 7 aliphatic rings. The molecule has 0 nitrogen and oxygen atoms in total. The van der Waals surface area contributed by atoms with Crippen LogP contribution in [-0.2, 0) is 44.9 Å². The summed E-state index contributed by atoms with van der Waals surface area (Å²) in [5.41, 5.74) is 69.9. The van der Waals surface area contributed by atoms with E-state index in [2.05, 4.69) is 357 Å². The highest BCUT2D eigenvalue weighted by molar-refractivity contribution is 5.86. The van der Waals surface area contributed by atoms with Gasteiger partial charge in [-0.3, -0.25) is 0 Å². The maximum atomic E-state index is 2.35. The first-order valence-electron chi connectivity index (χ1n) is 40.6. The molecule has 0 amide bonds. The van der Waals surface area contributed by atoms with Crippen molar-refractivity contribution in [1.82, 2.24) is 0 Å². The molecule has 0 bridgehead atoms. The lowest BCUT2D eigenvalue weighted by molar-refractivity contribution is 1.17. The van der Waals surface area contributed by atoms with Crippen LogP contribution in [0.1, 0.15) is 189 Å². The molecule has 111 heavy (non-hydrogen) atoms. The minimum Gasteiger partial charge on any atom is -0.0619 e. The number of aryl methyl sites for hydroxylation is 12. The highest BCUT2D eigenvalue weighted by Gasteiger charge is 2.28. The molecule has 554 valence electrons. The average molecular weight is 1440 g/mol. The first kappa shape index (κ1) is 75.5. The van der Waals surface area contributed by atoms with Crippen LogP contribution in [0.15, 0.2) is 218 Å². The third-order valence-electron chi connectivity index (χ3n) is 26.7. The average Bonchev–Trinajstić information content (AvgIpc) is 1.80. The molecule has 0 unspecified atom stereocenters. The molecule has 0 saturated heterocycles. The summed E-state index contributed by atoms with van der Waals surface area (Å²) in [6.07, 6.45) is 7.78. The van der Waals surface area contributed by atoms with Crippen LogP contribution < -0.4 is 0 Å². The second kappa shape index (κ2) is 30.7. The smallest absolute Gasteiger partial charge is 0.000810 e. The monoisotopic (exact) mass is 1440 g/mol.